The summed E-state index contributed by atoms with van der Waals surface area (Å²) in [6.07, 6.45) is 2.51. The van der Waals surface area contributed by atoms with Crippen molar-refractivity contribution >= 4 is 35.2 Å². The van der Waals surface area contributed by atoms with E-state index in [1.54, 1.807) is 34.9 Å². The molecule has 7 heteroatoms. The number of aliphatic carboxylic acids is 1. The highest BCUT2D eigenvalue weighted by Crippen LogP contribution is 2.32. The second kappa shape index (κ2) is 9.69. The highest BCUT2D eigenvalue weighted by Gasteiger charge is 2.18. The molecule has 0 aliphatic heterocycles. The maximum Gasteiger partial charge on any atom is 0.328 e. The third-order valence-corrected chi connectivity index (χ3v) is 4.70. The average Bonchev–Trinajstić information content (AvgIpc) is 2.68. The van der Waals surface area contributed by atoms with E-state index >= 15 is 0 Å². The number of carboxylic acid groups (broad SMARTS) is 1. The first-order chi connectivity index (χ1) is 13.8. The number of aromatic nitrogens is 1. The molecular weight excluding hydrogens is 407 g/mol. The molecule has 0 fully saturated rings. The molecule has 158 valence electrons. The number of hydrogen-bond acceptors (Lipinski definition) is 3. The molecule has 0 aliphatic carbocycles. The monoisotopic (exact) mass is 430 g/mol. The Morgan fingerprint density at radius 1 is 1.17 bits per heavy atom. The number of halogens is 2. The van der Waals surface area contributed by atoms with Crippen molar-refractivity contribution in [1.82, 2.24) is 4.57 Å². The summed E-state index contributed by atoms with van der Waals surface area (Å²) in [5.41, 5.74) is 8.74. The Kier molecular flexibility index (Phi) is 7.54. The quantitative estimate of drug-likeness (QED) is 0.566. The van der Waals surface area contributed by atoms with Gasteiger partial charge in [0, 0.05) is 35.8 Å². The van der Waals surface area contributed by atoms with E-state index in [1.807, 2.05) is 13.8 Å². The smallest absolute Gasteiger partial charge is 0.328 e. The largest absolute Gasteiger partial charge is 0.478 e. The van der Waals surface area contributed by atoms with Crippen LogP contribution in [-0.2, 0) is 17.9 Å². The van der Waals surface area contributed by atoms with E-state index in [4.69, 9.17) is 10.8 Å². The topological polar surface area (TPSA) is 85.3 Å². The maximum atomic E-state index is 13.5. The molecule has 0 atom stereocenters. The molecule has 30 heavy (non-hydrogen) atoms. The minimum atomic E-state index is -1.06. The van der Waals surface area contributed by atoms with Crippen LogP contribution in [0.15, 0.2) is 53.3 Å². The van der Waals surface area contributed by atoms with Gasteiger partial charge in [0.05, 0.1) is 0 Å². The molecule has 0 saturated heterocycles. The summed E-state index contributed by atoms with van der Waals surface area (Å²) in [7, 11) is 0. The van der Waals surface area contributed by atoms with Crippen LogP contribution in [0, 0.1) is 11.7 Å². The fourth-order valence-corrected chi connectivity index (χ4v) is 3.49. The van der Waals surface area contributed by atoms with Crippen LogP contribution < -0.4 is 11.3 Å². The predicted octanol–water partition coefficient (Wildman–Crippen LogP) is 4.44. The highest BCUT2D eigenvalue weighted by atomic mass is 35.5. The molecule has 0 unspecified atom stereocenters. The van der Waals surface area contributed by atoms with Crippen LogP contribution in [0.25, 0.3) is 28.0 Å². The molecule has 1 aromatic heterocycles. The Balaban J connectivity index is 0.00000320. The van der Waals surface area contributed by atoms with E-state index in [2.05, 4.69) is 0 Å². The first-order valence-corrected chi connectivity index (χ1v) is 9.38. The van der Waals surface area contributed by atoms with Crippen molar-refractivity contribution in [3.63, 3.8) is 0 Å². The Labute approximate surface area is 180 Å². The number of carboxylic acids is 1. The SMILES string of the molecule is CC(C)Cn1c(CN)c(-c2ccc(F)cc2)c2cc(/C=C/C(=O)O)ccc2c1=O.Cl. The van der Waals surface area contributed by atoms with Gasteiger partial charge < -0.3 is 15.4 Å². The Bertz CT molecular complexity index is 1150. The van der Waals surface area contributed by atoms with Crippen LogP contribution in [-0.4, -0.2) is 15.6 Å². The number of carbonyl (C=O) groups is 1. The third-order valence-electron chi connectivity index (χ3n) is 4.70. The van der Waals surface area contributed by atoms with Crippen molar-refractivity contribution in [3.05, 3.63) is 76.0 Å². The van der Waals surface area contributed by atoms with E-state index in [0.29, 0.717) is 28.6 Å². The minimum absolute atomic E-state index is 0. The Morgan fingerprint density at radius 2 is 1.83 bits per heavy atom. The van der Waals surface area contributed by atoms with Crippen LogP contribution in [0.4, 0.5) is 4.39 Å². The van der Waals surface area contributed by atoms with Crippen LogP contribution in [0.5, 0.6) is 0 Å². The standard InChI is InChI=1S/C23H23FN2O3.ClH/c1-14(2)13-26-20(12-25)22(16-5-7-17(24)8-6-16)19-11-15(4-10-21(27)28)3-9-18(19)23(26)29;/h3-11,14H,12-13,25H2,1-2H3,(H,27,28);1H/b10-4+;. The number of nitrogens with two attached hydrogens (primary N) is 1. The van der Waals surface area contributed by atoms with E-state index in [0.717, 1.165) is 17.2 Å². The zero-order valence-corrected chi connectivity index (χ0v) is 17.6. The number of fused-ring (bicyclic) bond motifs is 1. The molecule has 5 nitrogen and oxygen atoms in total. The van der Waals surface area contributed by atoms with Gasteiger partial charge in [0.1, 0.15) is 5.82 Å². The summed E-state index contributed by atoms with van der Waals surface area (Å²) in [6, 6.07) is 11.2. The highest BCUT2D eigenvalue weighted by molar-refractivity contribution is 5.99. The van der Waals surface area contributed by atoms with Crippen molar-refractivity contribution < 1.29 is 14.3 Å². The van der Waals surface area contributed by atoms with Crippen LogP contribution >= 0.6 is 12.4 Å². The molecule has 3 rings (SSSR count). The number of rotatable bonds is 6. The Morgan fingerprint density at radius 3 is 2.40 bits per heavy atom. The lowest BCUT2D eigenvalue weighted by Crippen LogP contribution is -2.28. The van der Waals surface area contributed by atoms with Crippen LogP contribution in [0.2, 0.25) is 0 Å². The van der Waals surface area contributed by atoms with Gasteiger partial charge in [-0.05, 0) is 52.8 Å². The van der Waals surface area contributed by atoms with Gasteiger partial charge in [-0.3, -0.25) is 4.79 Å². The van der Waals surface area contributed by atoms with Gasteiger partial charge in [-0.1, -0.05) is 32.0 Å². The second-order valence-electron chi connectivity index (χ2n) is 7.32. The minimum Gasteiger partial charge on any atom is -0.478 e. The zero-order chi connectivity index (χ0) is 21.1. The lowest BCUT2D eigenvalue weighted by molar-refractivity contribution is -0.131. The molecular formula is C23H24ClFN2O3. The Hall–Kier alpha value is -2.96. The molecule has 3 aromatic rings. The first-order valence-electron chi connectivity index (χ1n) is 9.38. The van der Waals surface area contributed by atoms with Crippen molar-refractivity contribution in [3.8, 4) is 11.1 Å². The fourth-order valence-electron chi connectivity index (χ4n) is 3.49. The summed E-state index contributed by atoms with van der Waals surface area (Å²) in [4.78, 5) is 24.1. The van der Waals surface area contributed by atoms with E-state index in [1.165, 1.54) is 18.2 Å². The molecule has 0 amide bonds. The molecule has 2 aromatic carbocycles. The van der Waals surface area contributed by atoms with Crippen molar-refractivity contribution in [1.29, 1.82) is 0 Å². The van der Waals surface area contributed by atoms with Crippen LogP contribution in [0.3, 0.4) is 0 Å². The maximum absolute atomic E-state index is 13.5. The number of benzene rings is 2. The summed E-state index contributed by atoms with van der Waals surface area (Å²) in [5, 5.41) is 10.1. The van der Waals surface area contributed by atoms with Crippen molar-refractivity contribution in [2.75, 3.05) is 0 Å². The van der Waals surface area contributed by atoms with Gasteiger partial charge in [0.2, 0.25) is 0 Å². The second-order valence-corrected chi connectivity index (χ2v) is 7.32. The number of nitrogens with zero attached hydrogens (tertiary/aromatic N) is 1. The van der Waals surface area contributed by atoms with Crippen molar-refractivity contribution in [2.24, 2.45) is 11.7 Å². The fraction of sp³-hybridized carbons (Fsp3) is 0.217. The van der Waals surface area contributed by atoms with Gasteiger partial charge in [0.15, 0.2) is 0 Å². The predicted molar refractivity (Wildman–Crippen MR) is 120 cm³/mol. The van der Waals surface area contributed by atoms with E-state index in [9.17, 15) is 14.0 Å². The van der Waals surface area contributed by atoms with Gasteiger partial charge in [-0.15, -0.1) is 12.4 Å². The van der Waals surface area contributed by atoms with Gasteiger partial charge in [0.25, 0.3) is 5.56 Å². The molecule has 0 aliphatic rings. The zero-order valence-electron chi connectivity index (χ0n) is 16.8. The van der Waals surface area contributed by atoms with E-state index < -0.39 is 5.97 Å². The molecule has 0 saturated carbocycles. The average molecular weight is 431 g/mol. The molecule has 0 radical (unpaired) electrons. The third kappa shape index (κ3) is 4.78. The van der Waals surface area contributed by atoms with Gasteiger partial charge in [-0.2, -0.15) is 0 Å². The van der Waals surface area contributed by atoms with Gasteiger partial charge >= 0.3 is 5.97 Å². The molecule has 1 heterocycles. The van der Waals surface area contributed by atoms with Crippen molar-refractivity contribution in [2.45, 2.75) is 26.9 Å². The summed E-state index contributed by atoms with van der Waals surface area (Å²) in [5.74, 6) is -1.18. The van der Waals surface area contributed by atoms with E-state index in [-0.39, 0.29) is 36.2 Å². The van der Waals surface area contributed by atoms with Gasteiger partial charge in [-0.25, -0.2) is 9.18 Å². The summed E-state index contributed by atoms with van der Waals surface area (Å²) in [6.45, 7) is 4.69. The summed E-state index contributed by atoms with van der Waals surface area (Å²) < 4.78 is 15.2. The molecule has 3 N–H and O–H groups in total. The molecule has 0 bridgehead atoms. The lowest BCUT2D eigenvalue weighted by atomic mass is 9.94. The lowest BCUT2D eigenvalue weighted by Gasteiger charge is -2.21. The molecule has 0 spiro atoms. The number of pyridine rings is 1. The normalized spacial score (nSPS) is 11.2. The number of hydrogen-bond donors (Lipinski definition) is 2. The summed E-state index contributed by atoms with van der Waals surface area (Å²) >= 11 is 0. The van der Waals surface area contributed by atoms with Crippen LogP contribution in [0.1, 0.15) is 25.1 Å². The first kappa shape index (κ1) is 23.3.